The monoisotopic (exact) mass is 956 g/mol. The highest BCUT2D eigenvalue weighted by Gasteiger charge is 2.55. The molecule has 0 saturated carbocycles. The van der Waals surface area contributed by atoms with Gasteiger partial charge in [0.15, 0.2) is 12.4 Å². The second-order valence-corrected chi connectivity index (χ2v) is 23.7. The Balaban J connectivity index is 1.08. The number of nitrogens with one attached hydrogen (secondary N) is 1. The van der Waals surface area contributed by atoms with Crippen molar-refractivity contribution in [3.63, 3.8) is 0 Å². The van der Waals surface area contributed by atoms with E-state index in [9.17, 15) is 9.59 Å². The Bertz CT molecular complexity index is 2600. The predicted molar refractivity (Wildman–Crippen MR) is 264 cm³/mol. The number of hydrogen-bond acceptors (Lipinski definition) is 10. The molecule has 12 nitrogen and oxygen atoms in total. The van der Waals surface area contributed by atoms with Gasteiger partial charge in [0, 0.05) is 24.7 Å². The van der Waals surface area contributed by atoms with Crippen molar-refractivity contribution in [1.82, 2.24) is 14.2 Å². The average Bonchev–Trinajstić information content (AvgIpc) is 4.08. The number of amides is 1. The molecular formula is C53H58FN4O8PSi. The van der Waals surface area contributed by atoms with Gasteiger partial charge in [-0.25, -0.2) is 13.9 Å². The maximum atomic E-state index is 17.7. The lowest BCUT2D eigenvalue weighted by Gasteiger charge is -2.37. The lowest BCUT2D eigenvalue weighted by molar-refractivity contribution is -0.118. The van der Waals surface area contributed by atoms with Crippen molar-refractivity contribution in [2.75, 3.05) is 32.7 Å². The van der Waals surface area contributed by atoms with Crippen molar-refractivity contribution < 1.29 is 37.2 Å². The number of fused-ring (bicyclic) bond motifs is 1. The zero-order valence-electron chi connectivity index (χ0n) is 38.9. The quantitative estimate of drug-likeness (QED) is 0.0542. The number of alkyl halides is 1. The summed E-state index contributed by atoms with van der Waals surface area (Å²) in [6.45, 7) is 6.46. The van der Waals surface area contributed by atoms with Crippen LogP contribution in [0.1, 0.15) is 49.6 Å². The van der Waals surface area contributed by atoms with Crippen molar-refractivity contribution >= 4 is 38.7 Å². The van der Waals surface area contributed by atoms with Crippen LogP contribution in [0.4, 0.5) is 10.2 Å². The van der Waals surface area contributed by atoms with E-state index in [1.807, 2.05) is 91.0 Å². The maximum Gasteiger partial charge on any atom is 0.351 e. The number of nitrogens with zero attached hydrogens (tertiary/aromatic N) is 3. The number of ether oxygens (including phenoxy) is 4. The van der Waals surface area contributed by atoms with E-state index in [1.165, 1.54) is 22.6 Å². The van der Waals surface area contributed by atoms with E-state index < -0.39 is 52.5 Å². The molecule has 3 saturated heterocycles. The van der Waals surface area contributed by atoms with E-state index >= 15 is 4.39 Å². The zero-order chi connectivity index (χ0) is 47.4. The van der Waals surface area contributed by atoms with Crippen molar-refractivity contribution in [3.8, 4) is 11.5 Å². The van der Waals surface area contributed by atoms with Crippen molar-refractivity contribution in [2.45, 2.75) is 81.6 Å². The highest BCUT2D eigenvalue weighted by atomic mass is 31.2. The van der Waals surface area contributed by atoms with Crippen LogP contribution < -0.4 is 30.9 Å². The first-order valence-electron chi connectivity index (χ1n) is 23.2. The van der Waals surface area contributed by atoms with Gasteiger partial charge in [0.1, 0.15) is 43.2 Å². The van der Waals surface area contributed by atoms with Crippen LogP contribution in [0, 0.1) is 5.92 Å². The highest BCUT2D eigenvalue weighted by Crippen LogP contribution is 2.59. The number of carbonyl (C=O) groups excluding carboxylic acids is 1. The van der Waals surface area contributed by atoms with Crippen LogP contribution in [0.25, 0.3) is 0 Å². The van der Waals surface area contributed by atoms with Gasteiger partial charge < -0.3 is 33.3 Å². The first-order chi connectivity index (χ1) is 33.0. The van der Waals surface area contributed by atoms with E-state index in [-0.39, 0.29) is 36.4 Å². The van der Waals surface area contributed by atoms with Gasteiger partial charge >= 0.3 is 5.69 Å². The summed E-state index contributed by atoms with van der Waals surface area (Å²) in [5.74, 6) is 0.760. The van der Waals surface area contributed by atoms with Gasteiger partial charge in [0.2, 0.25) is 5.91 Å². The number of benzene rings is 5. The molecule has 4 heterocycles. The number of halogens is 1. The van der Waals surface area contributed by atoms with Gasteiger partial charge in [0.25, 0.3) is 8.53 Å². The minimum Gasteiger partial charge on any atom is -0.497 e. The molecule has 3 aliphatic heterocycles. The molecule has 0 aliphatic carbocycles. The number of aromatic nitrogens is 2. The molecule has 0 bridgehead atoms. The SMILES string of the molecule is COc1ccc(C(OC[C@H]2O[C@@H](n3ccc(NC(=O)C(C)C)nc3=O)[C@H](F)[C@@H]2O[P@@]2O[C@H](C[Si](C)(c3ccccc3)c3ccccc3)[C@@H]3CCCN32)(c2ccccc2)c2ccc(OC)cc2)cc1. The first-order valence-corrected chi connectivity index (χ1v) is 27.1. The van der Waals surface area contributed by atoms with E-state index in [4.69, 9.17) is 28.0 Å². The Hall–Kier alpha value is -5.57. The van der Waals surface area contributed by atoms with Gasteiger partial charge in [-0.1, -0.05) is 146 Å². The van der Waals surface area contributed by atoms with E-state index in [1.54, 1.807) is 28.1 Å². The van der Waals surface area contributed by atoms with Gasteiger partial charge in [-0.15, -0.1) is 0 Å². The van der Waals surface area contributed by atoms with Crippen LogP contribution in [0.5, 0.6) is 11.5 Å². The zero-order valence-corrected chi connectivity index (χ0v) is 40.8. The Morgan fingerprint density at radius 3 is 1.93 bits per heavy atom. The van der Waals surface area contributed by atoms with Crippen LogP contribution in [0.3, 0.4) is 0 Å². The Morgan fingerprint density at radius 2 is 1.38 bits per heavy atom. The van der Waals surface area contributed by atoms with Crippen molar-refractivity contribution in [2.24, 2.45) is 5.92 Å². The number of methoxy groups -OCH3 is 2. The molecule has 6 aromatic rings. The molecule has 1 N–H and O–H groups in total. The number of hydrogen-bond donors (Lipinski definition) is 1. The van der Waals surface area contributed by atoms with E-state index in [0.29, 0.717) is 11.5 Å². The van der Waals surface area contributed by atoms with Crippen molar-refractivity contribution in [3.05, 3.63) is 179 Å². The molecule has 9 rings (SSSR count). The minimum atomic E-state index is -2.36. The summed E-state index contributed by atoms with van der Waals surface area (Å²) in [5.41, 5.74) is 0.342. The highest BCUT2D eigenvalue weighted by molar-refractivity contribution is 7.45. The van der Waals surface area contributed by atoms with E-state index in [2.05, 4.69) is 70.0 Å². The van der Waals surface area contributed by atoms with E-state index in [0.717, 1.165) is 46.7 Å². The number of carbonyl (C=O) groups is 1. The normalized spacial score (nSPS) is 22.8. The van der Waals surface area contributed by atoms with Crippen LogP contribution in [0.2, 0.25) is 12.6 Å². The Labute approximate surface area is 399 Å². The van der Waals surface area contributed by atoms with Gasteiger partial charge in [-0.05, 0) is 65.9 Å². The molecule has 0 unspecified atom stereocenters. The second kappa shape index (κ2) is 20.6. The molecule has 15 heteroatoms. The largest absolute Gasteiger partial charge is 0.497 e. The fraction of sp³-hybridized carbons (Fsp3) is 0.340. The van der Waals surface area contributed by atoms with Crippen LogP contribution in [0.15, 0.2) is 157 Å². The predicted octanol–water partition coefficient (Wildman–Crippen LogP) is 8.47. The topological polar surface area (TPSA) is 123 Å². The summed E-state index contributed by atoms with van der Waals surface area (Å²) in [6.07, 6.45) is -2.44. The summed E-state index contributed by atoms with van der Waals surface area (Å²) < 4.78 is 60.2. The Morgan fingerprint density at radius 1 is 0.824 bits per heavy atom. The first kappa shape index (κ1) is 47.5. The third-order valence-electron chi connectivity index (χ3n) is 13.6. The molecule has 7 atom stereocenters. The summed E-state index contributed by atoms with van der Waals surface area (Å²) in [7, 11) is -0.898. The molecule has 0 radical (unpaired) electrons. The smallest absolute Gasteiger partial charge is 0.351 e. The summed E-state index contributed by atoms with van der Waals surface area (Å²) in [4.78, 5) is 30.4. The molecule has 68 heavy (non-hydrogen) atoms. The fourth-order valence-corrected chi connectivity index (χ4v) is 15.8. The molecule has 3 aliphatic rings. The van der Waals surface area contributed by atoms with Gasteiger partial charge in [0.05, 0.1) is 26.9 Å². The van der Waals surface area contributed by atoms with Gasteiger partial charge in [-0.2, -0.15) is 4.98 Å². The third-order valence-corrected chi connectivity index (χ3v) is 19.8. The average molecular weight is 957 g/mol. The second-order valence-electron chi connectivity index (χ2n) is 18.1. The molecule has 5 aromatic carbocycles. The lowest BCUT2D eigenvalue weighted by atomic mass is 9.80. The maximum absolute atomic E-state index is 17.7. The molecule has 0 spiro atoms. The van der Waals surface area contributed by atoms with Crippen LogP contribution >= 0.6 is 8.53 Å². The summed E-state index contributed by atoms with van der Waals surface area (Å²) >= 11 is 0. The molecule has 3 fully saturated rings. The molecule has 1 aromatic heterocycles. The van der Waals surface area contributed by atoms with Crippen molar-refractivity contribution in [1.29, 1.82) is 0 Å². The van der Waals surface area contributed by atoms with Crippen LogP contribution in [-0.2, 0) is 28.9 Å². The summed E-state index contributed by atoms with van der Waals surface area (Å²) in [6, 6.07) is 48.9. The molecule has 1 amide bonds. The lowest BCUT2D eigenvalue weighted by Crippen LogP contribution is -2.58. The number of rotatable bonds is 17. The number of anilines is 1. The summed E-state index contributed by atoms with van der Waals surface area (Å²) in [5, 5.41) is 5.29. The molecular weight excluding hydrogens is 899 g/mol. The molecule has 354 valence electrons. The third kappa shape index (κ3) is 9.43. The fourth-order valence-electron chi connectivity index (χ4n) is 9.79. The standard InChI is InChI=1S/C53H58FN4O8PSi/c1-36(2)50(59)55-47-31-33-57(52(60)56-47)51-48(54)49(66-67-58-32-15-22-44(58)46(65-67)35-68(5,42-18-11-7-12-19-42)43-20-13-8-14-21-43)45(64-51)34-63-53(37-16-9-6-10-17-37,38-23-27-40(61-3)28-24-38)39-25-29-41(62-4)30-26-39/h6-14,16-21,23-31,33,36,44-46,48-49,51H,15,22,32,34-35H2,1-5H3,(H,55,56,59,60)/t44-,45+,46+,48+,49+,51+,67+/m0/s1. The minimum absolute atomic E-state index is 0.0631. The van der Waals surface area contributed by atoms with Gasteiger partial charge in [-0.3, -0.25) is 9.36 Å². The van der Waals surface area contributed by atoms with Crippen LogP contribution in [-0.4, -0.2) is 86.1 Å². The Kier molecular flexibility index (Phi) is 14.4.